The van der Waals surface area contributed by atoms with E-state index in [1.807, 2.05) is 27.7 Å². The van der Waals surface area contributed by atoms with Crippen LogP contribution in [0.15, 0.2) is 10.5 Å². The number of carbonyl (C=O) groups excluding carboxylic acids is 2. The Morgan fingerprint density at radius 1 is 1.14 bits per heavy atom. The topological polar surface area (TPSA) is 127 Å². The number of unbranched alkanes of at least 4 members (excludes halogenated alkanes) is 3. The van der Waals surface area contributed by atoms with Crippen molar-refractivity contribution < 1.29 is 23.6 Å². The molecule has 0 spiro atoms. The van der Waals surface area contributed by atoms with Gasteiger partial charge in [-0.1, -0.05) is 86.2 Å². The number of thiazole rings is 1. The molecule has 1 rings (SSSR count). The molecule has 0 saturated carbocycles. The average molecular weight is 626 g/mol. The van der Waals surface area contributed by atoms with Crippen LogP contribution in [-0.4, -0.2) is 55.5 Å². The Balaban J connectivity index is 3.59. The average Bonchev–Trinajstić information content (AvgIpc) is 3.41. The number of hydrogen-bond acceptors (Lipinski definition) is 8. The molecule has 0 bridgehead atoms. The van der Waals surface area contributed by atoms with E-state index in [2.05, 4.69) is 55.8 Å². The van der Waals surface area contributed by atoms with Crippen LogP contribution < -0.4 is 0 Å². The molecule has 1 aromatic heterocycles. The standard InChI is InChI=1S/C30H55N5O5SSi/c1-12-15-16-17-18-39-35(28(36)26(33-34-31)22(6)13-2)24(21(4)5)19-25(40-42(10,11)30(7,8)9)27-32-23(20-41-27)29(37)38-14-3/h20-22,24-26H,12-19H2,1-11H3/t22-,24+,25+,26-/m0/s1. The SMILES string of the molecule is CCCCCCON(C(=O)[C@@H](N=[N+]=[N-])[C@@H](C)CC)[C@H](C[C@@H](O[Si](C)(C)C(C)(C)C)c1nc(C(=O)OCC)cs1)C(C)C. The molecule has 1 heterocycles. The maximum absolute atomic E-state index is 14.1. The first-order valence-electron chi connectivity index (χ1n) is 15.4. The summed E-state index contributed by atoms with van der Waals surface area (Å²) in [7, 11) is -2.31. The van der Waals surface area contributed by atoms with Crippen LogP contribution in [-0.2, 0) is 18.8 Å². The quantitative estimate of drug-likeness (QED) is 0.0287. The van der Waals surface area contributed by atoms with Gasteiger partial charge in [-0.15, -0.1) is 11.3 Å². The van der Waals surface area contributed by atoms with Crippen LogP contribution in [0, 0.1) is 11.8 Å². The number of ether oxygens (including phenoxy) is 1. The van der Waals surface area contributed by atoms with Crippen molar-refractivity contribution in [3.05, 3.63) is 26.5 Å². The molecule has 4 atom stereocenters. The molecule has 0 aliphatic heterocycles. The lowest BCUT2D eigenvalue weighted by atomic mass is 9.94. The number of amides is 1. The summed E-state index contributed by atoms with van der Waals surface area (Å²) in [6, 6.07) is -1.28. The van der Waals surface area contributed by atoms with E-state index in [0.717, 1.165) is 25.7 Å². The number of esters is 1. The van der Waals surface area contributed by atoms with Crippen molar-refractivity contribution in [1.29, 1.82) is 0 Å². The van der Waals surface area contributed by atoms with Crippen LogP contribution in [0.3, 0.4) is 0 Å². The number of azide groups is 1. The van der Waals surface area contributed by atoms with E-state index in [1.54, 1.807) is 12.3 Å². The number of nitrogens with zero attached hydrogens (tertiary/aromatic N) is 5. The summed E-state index contributed by atoms with van der Waals surface area (Å²) >= 11 is 1.36. The number of hydroxylamine groups is 2. The zero-order chi connectivity index (χ0) is 32.1. The van der Waals surface area contributed by atoms with Crippen molar-refractivity contribution in [2.75, 3.05) is 13.2 Å². The largest absolute Gasteiger partial charge is 0.461 e. The summed E-state index contributed by atoms with van der Waals surface area (Å²) in [5, 5.41) is 7.66. The molecule has 0 aliphatic rings. The fraction of sp³-hybridized carbons (Fsp3) is 0.833. The van der Waals surface area contributed by atoms with Crippen molar-refractivity contribution in [2.24, 2.45) is 17.0 Å². The summed E-state index contributed by atoms with van der Waals surface area (Å²) in [5.74, 6) is -0.973. The van der Waals surface area contributed by atoms with Crippen molar-refractivity contribution in [1.82, 2.24) is 10.0 Å². The summed E-state index contributed by atoms with van der Waals surface area (Å²) in [4.78, 5) is 40.4. The molecule has 0 saturated heterocycles. The molecule has 0 aromatic carbocycles. The van der Waals surface area contributed by atoms with Gasteiger partial charge in [-0.2, -0.15) is 0 Å². The molecule has 0 aliphatic carbocycles. The lowest BCUT2D eigenvalue weighted by Crippen LogP contribution is -2.50. The van der Waals surface area contributed by atoms with Gasteiger partial charge in [0.05, 0.1) is 25.4 Å². The number of aromatic nitrogens is 1. The van der Waals surface area contributed by atoms with Crippen molar-refractivity contribution in [2.45, 2.75) is 137 Å². The van der Waals surface area contributed by atoms with Crippen molar-refractivity contribution >= 4 is 31.5 Å². The molecule has 0 fully saturated rings. The van der Waals surface area contributed by atoms with Crippen LogP contribution in [0.1, 0.15) is 122 Å². The van der Waals surface area contributed by atoms with E-state index < -0.39 is 32.5 Å². The Bertz CT molecular complexity index is 1020. The zero-order valence-corrected chi connectivity index (χ0v) is 29.6. The number of rotatable bonds is 19. The first-order valence-corrected chi connectivity index (χ1v) is 19.2. The van der Waals surface area contributed by atoms with Crippen LogP contribution in [0.25, 0.3) is 10.4 Å². The molecule has 42 heavy (non-hydrogen) atoms. The second-order valence-electron chi connectivity index (χ2n) is 12.8. The van der Waals surface area contributed by atoms with Crippen molar-refractivity contribution in [3.8, 4) is 0 Å². The third kappa shape index (κ3) is 11.3. The van der Waals surface area contributed by atoms with Crippen molar-refractivity contribution in [3.63, 3.8) is 0 Å². The Kier molecular flexibility index (Phi) is 16.3. The Morgan fingerprint density at radius 3 is 2.33 bits per heavy atom. The summed E-state index contributed by atoms with van der Waals surface area (Å²) in [6.07, 6.45) is 4.61. The van der Waals surface area contributed by atoms with Crippen LogP contribution in [0.5, 0.6) is 0 Å². The zero-order valence-electron chi connectivity index (χ0n) is 27.8. The maximum Gasteiger partial charge on any atom is 0.357 e. The molecular weight excluding hydrogens is 571 g/mol. The third-order valence-corrected chi connectivity index (χ3v) is 13.5. The molecule has 1 amide bonds. The number of hydrogen-bond donors (Lipinski definition) is 0. The van der Waals surface area contributed by atoms with Gasteiger partial charge in [0.2, 0.25) is 0 Å². The van der Waals surface area contributed by atoms with E-state index in [1.165, 1.54) is 16.4 Å². The Morgan fingerprint density at radius 2 is 1.81 bits per heavy atom. The van der Waals surface area contributed by atoms with Gasteiger partial charge in [0.15, 0.2) is 14.0 Å². The minimum atomic E-state index is -2.31. The summed E-state index contributed by atoms with van der Waals surface area (Å²) < 4.78 is 12.1. The lowest BCUT2D eigenvalue weighted by molar-refractivity contribution is -0.211. The molecule has 0 radical (unpaired) electrons. The van der Waals surface area contributed by atoms with E-state index in [-0.39, 0.29) is 35.1 Å². The maximum atomic E-state index is 14.1. The van der Waals surface area contributed by atoms with Crippen LogP contribution >= 0.6 is 11.3 Å². The van der Waals surface area contributed by atoms with Crippen LogP contribution in [0.2, 0.25) is 18.1 Å². The minimum absolute atomic E-state index is 0.0109. The highest BCUT2D eigenvalue weighted by molar-refractivity contribution is 7.09. The molecule has 0 N–H and O–H groups in total. The normalized spacial score (nSPS) is 15.0. The second-order valence-corrected chi connectivity index (χ2v) is 18.4. The van der Waals surface area contributed by atoms with Gasteiger partial charge in [-0.05, 0) is 48.8 Å². The molecular formula is C30H55N5O5SSi. The van der Waals surface area contributed by atoms with E-state index in [0.29, 0.717) is 24.5 Å². The molecule has 12 heteroatoms. The highest BCUT2D eigenvalue weighted by Crippen LogP contribution is 2.42. The van der Waals surface area contributed by atoms with E-state index >= 15 is 0 Å². The highest BCUT2D eigenvalue weighted by atomic mass is 32.1. The highest BCUT2D eigenvalue weighted by Gasteiger charge is 2.43. The van der Waals surface area contributed by atoms with Gasteiger partial charge < -0.3 is 9.16 Å². The minimum Gasteiger partial charge on any atom is -0.461 e. The van der Waals surface area contributed by atoms with Gasteiger partial charge in [-0.3, -0.25) is 9.63 Å². The second kappa shape index (κ2) is 18.0. The van der Waals surface area contributed by atoms with E-state index in [9.17, 15) is 15.1 Å². The van der Waals surface area contributed by atoms with Crippen LogP contribution in [0.4, 0.5) is 0 Å². The molecule has 10 nitrogen and oxygen atoms in total. The molecule has 1 aromatic rings. The summed E-state index contributed by atoms with van der Waals surface area (Å²) in [6.45, 7) is 23.4. The molecule has 0 unspecified atom stereocenters. The van der Waals surface area contributed by atoms with Gasteiger partial charge >= 0.3 is 5.97 Å². The Hall–Kier alpha value is -1.98. The fourth-order valence-electron chi connectivity index (χ4n) is 4.15. The lowest BCUT2D eigenvalue weighted by Gasteiger charge is -2.41. The monoisotopic (exact) mass is 625 g/mol. The smallest absolute Gasteiger partial charge is 0.357 e. The first-order chi connectivity index (χ1) is 19.6. The predicted molar refractivity (Wildman–Crippen MR) is 172 cm³/mol. The third-order valence-electron chi connectivity index (χ3n) is 8.11. The van der Waals surface area contributed by atoms with Gasteiger partial charge in [0, 0.05) is 16.7 Å². The van der Waals surface area contributed by atoms with Gasteiger partial charge in [-0.25, -0.2) is 14.8 Å². The molecule has 240 valence electrons. The first kappa shape index (κ1) is 38.0. The Labute approximate surface area is 258 Å². The number of carbonyl (C=O) groups is 2. The van der Waals surface area contributed by atoms with Gasteiger partial charge in [0.25, 0.3) is 5.91 Å². The summed E-state index contributed by atoms with van der Waals surface area (Å²) in [5.41, 5.74) is 9.55. The van der Waals surface area contributed by atoms with E-state index in [4.69, 9.17) is 14.0 Å². The predicted octanol–water partition coefficient (Wildman–Crippen LogP) is 8.86. The fourth-order valence-corrected chi connectivity index (χ4v) is 6.34. The van der Waals surface area contributed by atoms with Gasteiger partial charge in [0.1, 0.15) is 11.0 Å².